The molecule has 0 aliphatic carbocycles. The van der Waals surface area contributed by atoms with Gasteiger partial charge in [0.2, 0.25) is 0 Å². The molecule has 0 saturated carbocycles. The van der Waals surface area contributed by atoms with Crippen LogP contribution in [0.1, 0.15) is 16.9 Å². The molecule has 132 valence electrons. The minimum atomic E-state index is -4.93. The molecule has 9 heteroatoms. The molecule has 1 aliphatic rings. The van der Waals surface area contributed by atoms with E-state index < -0.39 is 36.4 Å². The molecule has 0 radical (unpaired) electrons. The Morgan fingerprint density at radius 3 is 2.40 bits per heavy atom. The molecule has 1 fully saturated rings. The van der Waals surface area contributed by atoms with E-state index in [0.717, 1.165) is 4.90 Å². The van der Waals surface area contributed by atoms with Crippen LogP contribution in [-0.2, 0) is 4.79 Å². The Labute approximate surface area is 140 Å². The molecule has 25 heavy (non-hydrogen) atoms. The predicted octanol–water partition coefficient (Wildman–Crippen LogP) is 2.35. The van der Waals surface area contributed by atoms with Gasteiger partial charge in [0.1, 0.15) is 0 Å². The third-order valence-corrected chi connectivity index (χ3v) is 4.34. The number of amides is 1. The number of halogens is 3. The molecule has 1 atom stereocenters. The molecule has 0 bridgehead atoms. The van der Waals surface area contributed by atoms with E-state index in [1.165, 1.54) is 16.9 Å². The van der Waals surface area contributed by atoms with Crippen molar-refractivity contribution in [1.82, 2.24) is 14.7 Å². The number of hydrogen-bond acceptors (Lipinski definition) is 3. The molecule has 1 unspecified atom stereocenters. The summed E-state index contributed by atoms with van der Waals surface area (Å²) in [5.41, 5.74) is -2.27. The van der Waals surface area contributed by atoms with Crippen LogP contribution in [0.2, 0.25) is 0 Å². The van der Waals surface area contributed by atoms with Crippen molar-refractivity contribution in [1.29, 1.82) is 0 Å². The minimum Gasteiger partial charge on any atom is -0.481 e. The molecule has 1 amide bonds. The fourth-order valence-electron chi connectivity index (χ4n) is 2.83. The molecule has 1 N–H and O–H groups in total. The quantitative estimate of drug-likeness (QED) is 0.919. The maximum absolute atomic E-state index is 13.2. The van der Waals surface area contributed by atoms with Gasteiger partial charge in [-0.3, -0.25) is 9.59 Å². The molecule has 1 aliphatic heterocycles. The van der Waals surface area contributed by atoms with E-state index >= 15 is 0 Å². The number of carbonyl (C=O) groups excluding carboxylic acids is 1. The first kappa shape index (κ1) is 17.0. The third-order valence-electron chi connectivity index (χ3n) is 4.34. The van der Waals surface area contributed by atoms with Gasteiger partial charge in [0.05, 0.1) is 5.69 Å². The molecule has 1 saturated heterocycles. The summed E-state index contributed by atoms with van der Waals surface area (Å²) in [5, 5.41) is 13.1. The fourth-order valence-corrected chi connectivity index (χ4v) is 2.83. The lowest BCUT2D eigenvalue weighted by Crippen LogP contribution is -2.47. The average molecular weight is 353 g/mol. The van der Waals surface area contributed by atoms with Crippen molar-refractivity contribution < 1.29 is 27.9 Å². The fraction of sp³-hybridized carbons (Fsp3) is 0.312. The lowest BCUT2D eigenvalue weighted by atomic mass is 9.86. The second-order valence-electron chi connectivity index (χ2n) is 5.84. The van der Waals surface area contributed by atoms with Gasteiger partial charge in [-0.25, -0.2) is 4.68 Å². The molecular formula is C16H14F3N3O3. The highest BCUT2D eigenvalue weighted by atomic mass is 19.4. The van der Waals surface area contributed by atoms with Crippen LogP contribution >= 0.6 is 0 Å². The summed E-state index contributed by atoms with van der Waals surface area (Å²) in [4.78, 5) is 24.5. The van der Waals surface area contributed by atoms with Gasteiger partial charge in [-0.05, 0) is 24.6 Å². The summed E-state index contributed by atoms with van der Waals surface area (Å²) in [7, 11) is 0. The number of aromatic nitrogens is 2. The topological polar surface area (TPSA) is 75.4 Å². The van der Waals surface area contributed by atoms with E-state index in [9.17, 15) is 22.8 Å². The van der Waals surface area contributed by atoms with Crippen LogP contribution in [0.25, 0.3) is 5.69 Å². The van der Waals surface area contributed by atoms with Crippen molar-refractivity contribution in [3.05, 3.63) is 48.3 Å². The maximum Gasteiger partial charge on any atom is 0.406 e. The van der Waals surface area contributed by atoms with Gasteiger partial charge in [0.25, 0.3) is 5.91 Å². The smallest absolute Gasteiger partial charge is 0.406 e. The Balaban J connectivity index is 1.81. The van der Waals surface area contributed by atoms with Crippen molar-refractivity contribution in [3.63, 3.8) is 0 Å². The third kappa shape index (κ3) is 2.86. The number of nitrogens with zero attached hydrogens (tertiary/aromatic N) is 3. The van der Waals surface area contributed by atoms with E-state index in [2.05, 4.69) is 5.10 Å². The highest BCUT2D eigenvalue weighted by Crippen LogP contribution is 2.45. The normalized spacial score (nSPS) is 20.7. The Morgan fingerprint density at radius 2 is 1.84 bits per heavy atom. The predicted molar refractivity (Wildman–Crippen MR) is 80.2 cm³/mol. The standard InChI is InChI=1S/C16H14F3N3O3/c17-16(18,19)15(14(24)25)7-9-21(10-15)13(23)12-6-8-22(20-12)11-4-2-1-3-5-11/h1-6,8H,7,9-10H2,(H,24,25). The first-order chi connectivity index (χ1) is 11.7. The van der Waals surface area contributed by atoms with Crippen LogP contribution in [-0.4, -0.2) is 50.9 Å². The monoisotopic (exact) mass is 353 g/mol. The van der Waals surface area contributed by atoms with Gasteiger partial charge in [0, 0.05) is 19.3 Å². The summed E-state index contributed by atoms with van der Waals surface area (Å²) in [6.45, 7) is -1.20. The summed E-state index contributed by atoms with van der Waals surface area (Å²) in [6.07, 6.45) is -4.08. The minimum absolute atomic E-state index is 0.0350. The summed E-state index contributed by atoms with van der Waals surface area (Å²) in [6, 6.07) is 10.3. The largest absolute Gasteiger partial charge is 0.481 e. The zero-order chi connectivity index (χ0) is 18.2. The van der Waals surface area contributed by atoms with Gasteiger partial charge in [-0.1, -0.05) is 18.2 Å². The number of carboxylic acids is 1. The second kappa shape index (κ2) is 5.91. The molecule has 1 aromatic heterocycles. The van der Waals surface area contributed by atoms with Gasteiger partial charge < -0.3 is 10.0 Å². The van der Waals surface area contributed by atoms with Crippen LogP contribution in [0.3, 0.4) is 0 Å². The number of likely N-dealkylation sites (tertiary alicyclic amines) is 1. The zero-order valence-corrected chi connectivity index (χ0v) is 12.9. The number of aliphatic carboxylic acids is 1. The Morgan fingerprint density at radius 1 is 1.16 bits per heavy atom. The molecule has 3 rings (SSSR count). The summed E-state index contributed by atoms with van der Waals surface area (Å²) >= 11 is 0. The molecule has 2 heterocycles. The number of carboxylic acid groups (broad SMARTS) is 1. The van der Waals surface area contributed by atoms with Crippen LogP contribution in [0.5, 0.6) is 0 Å². The lowest BCUT2D eigenvalue weighted by molar-refractivity contribution is -0.227. The molecular weight excluding hydrogens is 339 g/mol. The van der Waals surface area contributed by atoms with E-state index in [-0.39, 0.29) is 12.2 Å². The number of benzene rings is 1. The first-order valence-electron chi connectivity index (χ1n) is 7.45. The van der Waals surface area contributed by atoms with Crippen LogP contribution in [0, 0.1) is 5.41 Å². The molecule has 1 aromatic carbocycles. The number of para-hydroxylation sites is 1. The maximum atomic E-state index is 13.2. The number of rotatable bonds is 3. The summed E-state index contributed by atoms with van der Waals surface area (Å²) < 4.78 is 41.0. The van der Waals surface area contributed by atoms with Gasteiger partial charge in [0.15, 0.2) is 11.1 Å². The number of alkyl halides is 3. The van der Waals surface area contributed by atoms with Gasteiger partial charge in [-0.15, -0.1) is 0 Å². The number of carbonyl (C=O) groups is 2. The summed E-state index contributed by atoms with van der Waals surface area (Å²) in [5.74, 6) is -2.69. The van der Waals surface area contributed by atoms with Crippen molar-refractivity contribution >= 4 is 11.9 Å². The Kier molecular flexibility index (Phi) is 4.02. The molecule has 0 spiro atoms. The van der Waals surface area contributed by atoms with E-state index in [1.54, 1.807) is 24.3 Å². The molecule has 2 aromatic rings. The van der Waals surface area contributed by atoms with E-state index in [4.69, 9.17) is 5.11 Å². The van der Waals surface area contributed by atoms with Crippen LogP contribution in [0.4, 0.5) is 13.2 Å². The zero-order valence-electron chi connectivity index (χ0n) is 12.9. The van der Waals surface area contributed by atoms with E-state index in [1.807, 2.05) is 6.07 Å². The second-order valence-corrected chi connectivity index (χ2v) is 5.84. The van der Waals surface area contributed by atoms with Crippen molar-refractivity contribution in [3.8, 4) is 5.69 Å². The Bertz CT molecular complexity index is 804. The highest BCUT2D eigenvalue weighted by molar-refractivity contribution is 5.93. The SMILES string of the molecule is O=C(c1ccn(-c2ccccc2)n1)N1CCC(C(=O)O)(C(F)(F)F)C1. The van der Waals surface area contributed by atoms with Crippen molar-refractivity contribution in [2.45, 2.75) is 12.6 Å². The van der Waals surface area contributed by atoms with Crippen molar-refractivity contribution in [2.24, 2.45) is 5.41 Å². The van der Waals surface area contributed by atoms with Gasteiger partial charge >= 0.3 is 12.1 Å². The number of hydrogen-bond donors (Lipinski definition) is 1. The first-order valence-corrected chi connectivity index (χ1v) is 7.45. The van der Waals surface area contributed by atoms with Gasteiger partial charge in [-0.2, -0.15) is 18.3 Å². The van der Waals surface area contributed by atoms with E-state index in [0.29, 0.717) is 5.69 Å². The molecule has 6 nitrogen and oxygen atoms in total. The Hall–Kier alpha value is -2.84. The highest BCUT2D eigenvalue weighted by Gasteiger charge is 2.64. The average Bonchev–Trinajstić information content (AvgIpc) is 3.22. The van der Waals surface area contributed by atoms with Crippen LogP contribution < -0.4 is 0 Å². The lowest BCUT2D eigenvalue weighted by Gasteiger charge is -2.27. The van der Waals surface area contributed by atoms with Crippen LogP contribution in [0.15, 0.2) is 42.6 Å². The van der Waals surface area contributed by atoms with Crippen molar-refractivity contribution in [2.75, 3.05) is 13.1 Å².